The molecule has 35 heavy (non-hydrogen) atoms. The highest BCUT2D eigenvalue weighted by molar-refractivity contribution is 5.48. The minimum atomic E-state index is -0.214. The summed E-state index contributed by atoms with van der Waals surface area (Å²) in [5.41, 5.74) is 5.44. The molecule has 1 aliphatic rings. The topological polar surface area (TPSA) is 59.8 Å². The second kappa shape index (κ2) is 10.2. The van der Waals surface area contributed by atoms with Crippen molar-refractivity contribution < 1.29 is 14.6 Å². The zero-order valence-electron chi connectivity index (χ0n) is 19.4. The van der Waals surface area contributed by atoms with Crippen molar-refractivity contribution in [2.45, 2.75) is 12.5 Å². The van der Waals surface area contributed by atoms with Gasteiger partial charge in [0.15, 0.2) is 0 Å². The number of rotatable bonds is 6. The van der Waals surface area contributed by atoms with Crippen LogP contribution in [-0.4, -0.2) is 46.3 Å². The van der Waals surface area contributed by atoms with Crippen LogP contribution >= 0.6 is 0 Å². The predicted octanol–water partition coefficient (Wildman–Crippen LogP) is 5.13. The molecule has 4 aromatic rings. The Morgan fingerprint density at radius 2 is 1.31 bits per heavy atom. The number of anilines is 1. The van der Waals surface area contributed by atoms with Gasteiger partial charge in [-0.1, -0.05) is 24.3 Å². The molecule has 0 spiro atoms. The first-order valence-corrected chi connectivity index (χ1v) is 11.8. The van der Waals surface area contributed by atoms with Gasteiger partial charge in [-0.2, -0.15) is 0 Å². The van der Waals surface area contributed by atoms with Crippen molar-refractivity contribution in [2.24, 2.45) is 0 Å². The van der Waals surface area contributed by atoms with E-state index in [1.807, 2.05) is 48.8 Å². The standard InChI is InChI=1S/C29H28FN3O2/c30-24-5-7-25(8-6-24)33-17-15-32(16-18-33)20-23-13-14-31-19-28(23)29(21-1-9-26(34)10-2-21)22-3-11-27(35)12-4-22/h1-14,19,29,34-35H,15-18,20H2. The fourth-order valence-electron chi connectivity index (χ4n) is 4.78. The zero-order valence-corrected chi connectivity index (χ0v) is 19.4. The number of nitrogens with zero attached hydrogens (tertiary/aromatic N) is 3. The van der Waals surface area contributed by atoms with Gasteiger partial charge in [0, 0.05) is 56.7 Å². The van der Waals surface area contributed by atoms with Gasteiger partial charge in [0.1, 0.15) is 17.3 Å². The summed E-state index contributed by atoms with van der Waals surface area (Å²) in [6.07, 6.45) is 3.76. The Balaban J connectivity index is 1.39. The Morgan fingerprint density at radius 1 is 0.743 bits per heavy atom. The number of aromatic hydroxyl groups is 2. The number of hydrogen-bond acceptors (Lipinski definition) is 5. The van der Waals surface area contributed by atoms with Gasteiger partial charge in [-0.3, -0.25) is 9.88 Å². The highest BCUT2D eigenvalue weighted by atomic mass is 19.1. The van der Waals surface area contributed by atoms with Crippen molar-refractivity contribution in [3.8, 4) is 11.5 Å². The van der Waals surface area contributed by atoms with Crippen LogP contribution in [0.3, 0.4) is 0 Å². The van der Waals surface area contributed by atoms with Gasteiger partial charge >= 0.3 is 0 Å². The predicted molar refractivity (Wildman–Crippen MR) is 135 cm³/mol. The van der Waals surface area contributed by atoms with Gasteiger partial charge in [-0.25, -0.2) is 4.39 Å². The maximum Gasteiger partial charge on any atom is 0.123 e. The summed E-state index contributed by atoms with van der Waals surface area (Å²) >= 11 is 0. The molecule has 0 bridgehead atoms. The van der Waals surface area contributed by atoms with Gasteiger partial charge in [-0.15, -0.1) is 0 Å². The summed E-state index contributed by atoms with van der Waals surface area (Å²) in [7, 11) is 0. The summed E-state index contributed by atoms with van der Waals surface area (Å²) in [5, 5.41) is 19.7. The number of pyridine rings is 1. The third-order valence-corrected chi connectivity index (χ3v) is 6.67. The lowest BCUT2D eigenvalue weighted by Gasteiger charge is -2.36. The van der Waals surface area contributed by atoms with Crippen molar-refractivity contribution in [3.05, 3.63) is 119 Å². The van der Waals surface area contributed by atoms with E-state index in [0.717, 1.165) is 55.1 Å². The van der Waals surface area contributed by atoms with Crippen LogP contribution in [0.15, 0.2) is 91.3 Å². The summed E-state index contributed by atoms with van der Waals surface area (Å²) in [5.74, 6) is 0.155. The maximum absolute atomic E-state index is 13.3. The normalized spacial score (nSPS) is 14.4. The van der Waals surface area contributed by atoms with Crippen LogP contribution in [-0.2, 0) is 6.54 Å². The molecule has 2 heterocycles. The van der Waals surface area contributed by atoms with Gasteiger partial charge in [0.2, 0.25) is 0 Å². The molecule has 0 radical (unpaired) electrons. The monoisotopic (exact) mass is 469 g/mol. The summed E-state index contributed by atoms with van der Waals surface area (Å²) < 4.78 is 13.3. The van der Waals surface area contributed by atoms with E-state index in [1.165, 1.54) is 17.7 Å². The maximum atomic E-state index is 13.3. The summed E-state index contributed by atoms with van der Waals surface area (Å²) in [6.45, 7) is 4.36. The quantitative estimate of drug-likeness (QED) is 0.410. The Morgan fingerprint density at radius 3 is 1.89 bits per heavy atom. The smallest absolute Gasteiger partial charge is 0.123 e. The summed E-state index contributed by atoms with van der Waals surface area (Å²) in [4.78, 5) is 9.17. The van der Waals surface area contributed by atoms with Crippen LogP contribution in [0.2, 0.25) is 0 Å². The Kier molecular flexibility index (Phi) is 6.64. The molecule has 1 saturated heterocycles. The molecule has 1 fully saturated rings. The first-order chi connectivity index (χ1) is 17.1. The molecule has 1 aliphatic heterocycles. The highest BCUT2D eigenvalue weighted by Crippen LogP contribution is 2.35. The van der Waals surface area contributed by atoms with Gasteiger partial charge in [-0.05, 0) is 76.9 Å². The van der Waals surface area contributed by atoms with E-state index in [4.69, 9.17) is 0 Å². The molecule has 5 nitrogen and oxygen atoms in total. The van der Waals surface area contributed by atoms with E-state index in [1.54, 1.807) is 24.3 Å². The van der Waals surface area contributed by atoms with Crippen LogP contribution < -0.4 is 4.90 Å². The van der Waals surface area contributed by atoms with E-state index in [-0.39, 0.29) is 23.2 Å². The Hall–Kier alpha value is -3.90. The largest absolute Gasteiger partial charge is 0.508 e. The molecule has 0 saturated carbocycles. The van der Waals surface area contributed by atoms with Crippen molar-refractivity contribution in [1.29, 1.82) is 0 Å². The van der Waals surface area contributed by atoms with E-state index in [9.17, 15) is 14.6 Å². The first kappa shape index (κ1) is 22.9. The molecule has 1 aromatic heterocycles. The minimum Gasteiger partial charge on any atom is -0.508 e. The van der Waals surface area contributed by atoms with Crippen LogP contribution in [0, 0.1) is 5.82 Å². The average molecular weight is 470 g/mol. The molecule has 2 N–H and O–H groups in total. The minimum absolute atomic E-state index is 0.0830. The molecule has 0 atom stereocenters. The molecule has 5 rings (SSSR count). The fraction of sp³-hybridized carbons (Fsp3) is 0.207. The van der Waals surface area contributed by atoms with E-state index < -0.39 is 0 Å². The number of benzene rings is 3. The molecule has 0 unspecified atom stereocenters. The Bertz CT molecular complexity index is 1210. The number of hydrogen-bond donors (Lipinski definition) is 2. The Labute approximate surface area is 204 Å². The van der Waals surface area contributed by atoms with Crippen molar-refractivity contribution >= 4 is 5.69 Å². The highest BCUT2D eigenvalue weighted by Gasteiger charge is 2.23. The molecule has 178 valence electrons. The first-order valence-electron chi connectivity index (χ1n) is 11.8. The van der Waals surface area contributed by atoms with Gasteiger partial charge in [0.05, 0.1) is 0 Å². The van der Waals surface area contributed by atoms with Crippen molar-refractivity contribution in [2.75, 3.05) is 31.1 Å². The van der Waals surface area contributed by atoms with E-state index in [2.05, 4.69) is 20.9 Å². The van der Waals surface area contributed by atoms with Crippen molar-refractivity contribution in [1.82, 2.24) is 9.88 Å². The van der Waals surface area contributed by atoms with Crippen LogP contribution in [0.1, 0.15) is 28.2 Å². The lowest BCUT2D eigenvalue weighted by Crippen LogP contribution is -2.46. The number of halogens is 1. The van der Waals surface area contributed by atoms with E-state index in [0.29, 0.717) is 0 Å². The lowest BCUT2D eigenvalue weighted by atomic mass is 9.83. The average Bonchev–Trinajstić information content (AvgIpc) is 2.88. The number of phenols is 2. The molecule has 0 amide bonds. The SMILES string of the molecule is Oc1ccc(C(c2ccc(O)cc2)c2cnccc2CN2CCN(c3ccc(F)cc3)CC2)cc1. The lowest BCUT2D eigenvalue weighted by molar-refractivity contribution is 0.249. The third kappa shape index (κ3) is 5.28. The number of phenolic OH excluding ortho intramolecular Hbond substituents is 2. The second-order valence-electron chi connectivity index (χ2n) is 8.93. The molecule has 0 aliphatic carbocycles. The zero-order chi connectivity index (χ0) is 24.2. The van der Waals surface area contributed by atoms with Gasteiger partial charge in [0.25, 0.3) is 0 Å². The molecule has 6 heteroatoms. The molecule has 3 aromatic carbocycles. The van der Waals surface area contributed by atoms with E-state index >= 15 is 0 Å². The van der Waals surface area contributed by atoms with Gasteiger partial charge < -0.3 is 15.1 Å². The van der Waals surface area contributed by atoms with Crippen LogP contribution in [0.25, 0.3) is 0 Å². The fourth-order valence-corrected chi connectivity index (χ4v) is 4.78. The van der Waals surface area contributed by atoms with Crippen molar-refractivity contribution in [3.63, 3.8) is 0 Å². The second-order valence-corrected chi connectivity index (χ2v) is 8.93. The molecular formula is C29H28FN3O2. The summed E-state index contributed by atoms with van der Waals surface area (Å²) in [6, 6.07) is 23.3. The number of aromatic nitrogens is 1. The molecular weight excluding hydrogens is 441 g/mol. The van der Waals surface area contributed by atoms with Crippen LogP contribution in [0.5, 0.6) is 11.5 Å². The third-order valence-electron chi connectivity index (χ3n) is 6.67. The van der Waals surface area contributed by atoms with Crippen LogP contribution in [0.4, 0.5) is 10.1 Å². The number of piperazine rings is 1.